The standard InChI is InChI=1S/C15H30N2O/c1-11(2)12-7-9-17(10-8-12)13(18)14(3,4)15(5,6)16/h11-12H,7-10,16H2,1-6H3. The predicted octanol–water partition coefficient (Wildman–Crippen LogP) is 2.64. The third kappa shape index (κ3) is 3.05. The van der Waals surface area contributed by atoms with Gasteiger partial charge in [0, 0.05) is 18.6 Å². The average Bonchev–Trinajstić information content (AvgIpc) is 2.26. The number of amides is 1. The fourth-order valence-corrected chi connectivity index (χ4v) is 2.44. The van der Waals surface area contributed by atoms with Gasteiger partial charge in [0.15, 0.2) is 0 Å². The van der Waals surface area contributed by atoms with Gasteiger partial charge in [0.1, 0.15) is 0 Å². The second-order valence-corrected chi connectivity index (χ2v) is 7.22. The van der Waals surface area contributed by atoms with Crippen LogP contribution in [-0.4, -0.2) is 29.4 Å². The smallest absolute Gasteiger partial charge is 0.230 e. The Morgan fingerprint density at radius 3 is 1.94 bits per heavy atom. The van der Waals surface area contributed by atoms with Gasteiger partial charge in [0.25, 0.3) is 0 Å². The molecule has 1 fully saturated rings. The molecule has 0 bridgehead atoms. The molecule has 0 unspecified atom stereocenters. The maximum Gasteiger partial charge on any atom is 0.230 e. The van der Waals surface area contributed by atoms with Crippen molar-refractivity contribution in [1.82, 2.24) is 4.90 Å². The summed E-state index contributed by atoms with van der Waals surface area (Å²) in [5.74, 6) is 1.70. The van der Waals surface area contributed by atoms with E-state index in [1.54, 1.807) is 0 Å². The molecule has 0 aromatic heterocycles. The minimum Gasteiger partial charge on any atom is -0.342 e. The lowest BCUT2D eigenvalue weighted by Crippen LogP contribution is -2.57. The molecule has 18 heavy (non-hydrogen) atoms. The zero-order valence-corrected chi connectivity index (χ0v) is 12.9. The fourth-order valence-electron chi connectivity index (χ4n) is 2.44. The summed E-state index contributed by atoms with van der Waals surface area (Å²) in [7, 11) is 0. The topological polar surface area (TPSA) is 46.3 Å². The summed E-state index contributed by atoms with van der Waals surface area (Å²) in [5, 5.41) is 0. The van der Waals surface area contributed by atoms with Crippen molar-refractivity contribution in [2.45, 2.75) is 59.9 Å². The molecule has 0 atom stereocenters. The first-order valence-electron chi connectivity index (χ1n) is 7.15. The van der Waals surface area contributed by atoms with E-state index in [2.05, 4.69) is 13.8 Å². The lowest BCUT2D eigenvalue weighted by Gasteiger charge is -2.43. The van der Waals surface area contributed by atoms with Gasteiger partial charge >= 0.3 is 0 Å². The molecule has 3 heteroatoms. The van der Waals surface area contributed by atoms with Gasteiger partial charge in [-0.3, -0.25) is 4.79 Å². The zero-order chi connectivity index (χ0) is 14.1. The van der Waals surface area contributed by atoms with Crippen LogP contribution >= 0.6 is 0 Å². The van der Waals surface area contributed by atoms with E-state index in [0.717, 1.165) is 37.8 Å². The highest BCUT2D eigenvalue weighted by Crippen LogP contribution is 2.33. The first-order valence-corrected chi connectivity index (χ1v) is 7.15. The summed E-state index contributed by atoms with van der Waals surface area (Å²) in [5.41, 5.74) is 5.16. The van der Waals surface area contributed by atoms with Gasteiger partial charge in [-0.25, -0.2) is 0 Å². The van der Waals surface area contributed by atoms with Crippen molar-refractivity contribution in [2.75, 3.05) is 13.1 Å². The molecule has 1 heterocycles. The van der Waals surface area contributed by atoms with Gasteiger partial charge in [-0.2, -0.15) is 0 Å². The van der Waals surface area contributed by atoms with Crippen molar-refractivity contribution in [2.24, 2.45) is 23.0 Å². The molecule has 1 rings (SSSR count). The van der Waals surface area contributed by atoms with Crippen molar-refractivity contribution in [1.29, 1.82) is 0 Å². The quantitative estimate of drug-likeness (QED) is 0.841. The summed E-state index contributed by atoms with van der Waals surface area (Å²) in [4.78, 5) is 14.6. The number of hydrogen-bond donors (Lipinski definition) is 1. The SMILES string of the molecule is CC(C)C1CCN(C(=O)C(C)(C)C(C)(C)N)CC1. The first-order chi connectivity index (χ1) is 8.07. The van der Waals surface area contributed by atoms with Crippen molar-refractivity contribution in [3.63, 3.8) is 0 Å². The number of hydrogen-bond acceptors (Lipinski definition) is 2. The van der Waals surface area contributed by atoms with E-state index in [4.69, 9.17) is 5.73 Å². The molecule has 1 amide bonds. The zero-order valence-electron chi connectivity index (χ0n) is 12.9. The predicted molar refractivity (Wildman–Crippen MR) is 76.2 cm³/mol. The molecule has 0 saturated carbocycles. The van der Waals surface area contributed by atoms with Crippen LogP contribution in [0.15, 0.2) is 0 Å². The van der Waals surface area contributed by atoms with Crippen LogP contribution in [0.2, 0.25) is 0 Å². The summed E-state index contributed by atoms with van der Waals surface area (Å²) in [6, 6.07) is 0. The molecule has 2 N–H and O–H groups in total. The Morgan fingerprint density at radius 2 is 1.61 bits per heavy atom. The Morgan fingerprint density at radius 1 is 1.17 bits per heavy atom. The Balaban J connectivity index is 2.66. The fraction of sp³-hybridized carbons (Fsp3) is 0.933. The minimum absolute atomic E-state index is 0.206. The maximum absolute atomic E-state index is 12.6. The largest absolute Gasteiger partial charge is 0.342 e. The summed E-state index contributed by atoms with van der Waals surface area (Å²) < 4.78 is 0. The van der Waals surface area contributed by atoms with E-state index in [9.17, 15) is 4.79 Å². The number of carbonyl (C=O) groups is 1. The summed E-state index contributed by atoms with van der Waals surface area (Å²) in [6.07, 6.45) is 2.26. The Labute approximate surface area is 112 Å². The Hall–Kier alpha value is -0.570. The van der Waals surface area contributed by atoms with E-state index < -0.39 is 11.0 Å². The van der Waals surface area contributed by atoms with E-state index in [0.29, 0.717) is 0 Å². The van der Waals surface area contributed by atoms with Gasteiger partial charge in [-0.05, 0) is 52.4 Å². The molecule has 0 spiro atoms. The van der Waals surface area contributed by atoms with E-state index >= 15 is 0 Å². The molecule has 0 aliphatic carbocycles. The number of carbonyl (C=O) groups excluding carboxylic acids is 1. The highest BCUT2D eigenvalue weighted by Gasteiger charge is 2.43. The second-order valence-electron chi connectivity index (χ2n) is 7.22. The van der Waals surface area contributed by atoms with Gasteiger partial charge in [0.2, 0.25) is 5.91 Å². The summed E-state index contributed by atoms with van der Waals surface area (Å²) in [6.45, 7) is 14.1. The van der Waals surface area contributed by atoms with Crippen LogP contribution < -0.4 is 5.73 Å². The number of piperidine rings is 1. The van der Waals surface area contributed by atoms with E-state index in [1.807, 2.05) is 32.6 Å². The van der Waals surface area contributed by atoms with Gasteiger partial charge < -0.3 is 10.6 Å². The Bertz CT molecular complexity index is 294. The molecule has 1 aliphatic heterocycles. The molecule has 3 nitrogen and oxygen atoms in total. The van der Waals surface area contributed by atoms with Crippen LogP contribution in [0.3, 0.4) is 0 Å². The van der Waals surface area contributed by atoms with Crippen LogP contribution in [0.1, 0.15) is 54.4 Å². The molecule has 1 saturated heterocycles. The van der Waals surface area contributed by atoms with Crippen LogP contribution in [0.4, 0.5) is 0 Å². The molecule has 0 radical (unpaired) electrons. The Kier molecular flexibility index (Phi) is 4.47. The highest BCUT2D eigenvalue weighted by atomic mass is 16.2. The molecule has 1 aliphatic rings. The lowest BCUT2D eigenvalue weighted by atomic mass is 9.73. The van der Waals surface area contributed by atoms with Crippen molar-refractivity contribution in [3.05, 3.63) is 0 Å². The van der Waals surface area contributed by atoms with Crippen LogP contribution in [-0.2, 0) is 4.79 Å². The van der Waals surface area contributed by atoms with E-state index in [1.165, 1.54) is 0 Å². The lowest BCUT2D eigenvalue weighted by molar-refractivity contribution is -0.145. The van der Waals surface area contributed by atoms with Crippen molar-refractivity contribution < 1.29 is 4.79 Å². The molecular formula is C15H30N2O. The summed E-state index contributed by atoms with van der Waals surface area (Å²) >= 11 is 0. The molecular weight excluding hydrogens is 224 g/mol. The maximum atomic E-state index is 12.6. The average molecular weight is 254 g/mol. The number of nitrogens with zero attached hydrogens (tertiary/aromatic N) is 1. The first kappa shape index (κ1) is 15.5. The third-order valence-corrected chi connectivity index (χ3v) is 4.92. The van der Waals surface area contributed by atoms with Gasteiger partial charge in [-0.15, -0.1) is 0 Å². The van der Waals surface area contributed by atoms with Crippen molar-refractivity contribution in [3.8, 4) is 0 Å². The number of likely N-dealkylation sites (tertiary alicyclic amines) is 1. The van der Waals surface area contributed by atoms with Crippen LogP contribution in [0.5, 0.6) is 0 Å². The minimum atomic E-state index is -0.502. The molecule has 0 aromatic carbocycles. The van der Waals surface area contributed by atoms with Gasteiger partial charge in [0.05, 0.1) is 5.41 Å². The van der Waals surface area contributed by atoms with Crippen molar-refractivity contribution >= 4 is 5.91 Å². The van der Waals surface area contributed by atoms with Crippen LogP contribution in [0.25, 0.3) is 0 Å². The monoisotopic (exact) mass is 254 g/mol. The third-order valence-electron chi connectivity index (χ3n) is 4.92. The van der Waals surface area contributed by atoms with E-state index in [-0.39, 0.29) is 5.91 Å². The highest BCUT2D eigenvalue weighted by molar-refractivity contribution is 5.83. The molecule has 106 valence electrons. The van der Waals surface area contributed by atoms with Gasteiger partial charge in [-0.1, -0.05) is 13.8 Å². The number of nitrogens with two attached hydrogens (primary N) is 1. The number of rotatable bonds is 3. The second kappa shape index (κ2) is 5.20. The molecule has 0 aromatic rings. The van der Waals surface area contributed by atoms with Crippen LogP contribution in [0, 0.1) is 17.3 Å². The normalized spacial score (nSPS) is 19.4.